The molecule has 0 N–H and O–H groups in total. The maximum atomic E-state index is 14.1. The van der Waals surface area contributed by atoms with Crippen molar-refractivity contribution in [3.63, 3.8) is 0 Å². The van der Waals surface area contributed by atoms with Crippen LogP contribution in [0, 0.1) is 6.92 Å². The van der Waals surface area contributed by atoms with E-state index in [-0.39, 0.29) is 39.2 Å². The molecule has 1 unspecified atom stereocenters. The second-order valence-corrected chi connectivity index (χ2v) is 13.6. The van der Waals surface area contributed by atoms with E-state index < -0.39 is 0 Å². The van der Waals surface area contributed by atoms with Gasteiger partial charge in [-0.15, -0.1) is 0 Å². The fourth-order valence-electron chi connectivity index (χ4n) is 5.70. The summed E-state index contributed by atoms with van der Waals surface area (Å²) in [5, 5.41) is 9.49. The molecule has 1 atom stereocenters. The summed E-state index contributed by atoms with van der Waals surface area (Å²) in [6, 6.07) is 38.1. The molecule has 0 amide bonds. The molecule has 1 aliphatic rings. The van der Waals surface area contributed by atoms with E-state index in [1.165, 1.54) is 4.46 Å². The molecule has 0 saturated heterocycles. The minimum absolute atomic E-state index is 0.0813. The first-order valence-corrected chi connectivity index (χ1v) is 17.5. The molecule has 0 radical (unpaired) electrons. The van der Waals surface area contributed by atoms with Crippen LogP contribution in [0.3, 0.4) is 0 Å². The van der Waals surface area contributed by atoms with E-state index in [1.807, 2.05) is 92.0 Å². The van der Waals surface area contributed by atoms with Crippen LogP contribution in [0.5, 0.6) is 11.5 Å². The Kier molecular flexibility index (Phi) is 8.78. The third-order valence-corrected chi connectivity index (χ3v) is 10.5. The number of ether oxygens (including phenoxy) is 2. The van der Waals surface area contributed by atoms with Crippen LogP contribution >= 0.6 is 0 Å². The predicted octanol–water partition coefficient (Wildman–Crippen LogP) is 6.37. The first-order chi connectivity index (χ1) is 23.0. The monoisotopic (exact) mass is 685 g/mol. The number of carbonyl (C=O) groups excluding carboxylic acids is 2. The van der Waals surface area contributed by atoms with Gasteiger partial charge in [0.05, 0.1) is 0 Å². The topological polar surface area (TPSA) is 83.3 Å². The zero-order valence-electron chi connectivity index (χ0n) is 25.7. The number of aryl methyl sites for hydroxylation is 1. The number of hydrogen-bond donors (Lipinski definition) is 0. The molecule has 1 aliphatic heterocycles. The van der Waals surface area contributed by atoms with E-state index in [1.54, 1.807) is 35.0 Å². The predicted molar refractivity (Wildman–Crippen MR) is 181 cm³/mol. The van der Waals surface area contributed by atoms with Crippen LogP contribution in [0.4, 0.5) is 0 Å². The second kappa shape index (κ2) is 13.6. The van der Waals surface area contributed by atoms with Crippen LogP contribution in [0.1, 0.15) is 48.7 Å². The van der Waals surface area contributed by atoms with Gasteiger partial charge in [0, 0.05) is 0 Å². The van der Waals surface area contributed by atoms with E-state index in [4.69, 9.17) is 9.47 Å². The third-order valence-electron chi connectivity index (χ3n) is 8.05. The molecule has 47 heavy (non-hydrogen) atoms. The van der Waals surface area contributed by atoms with Crippen molar-refractivity contribution in [1.29, 1.82) is 0 Å². The number of hydrogen-bond acceptors (Lipinski definition) is 6. The average molecular weight is 685 g/mol. The molecule has 0 spiro atoms. The minimum atomic E-state index is -0.231. The molecule has 0 bridgehead atoms. The standard InChI is InChI=1S/C39H31N3O4Se/c1-26-13-11-12-20-35(26)42-23-29(40-41-42)24-45-38-32(36(43)27-14-5-2-6-15-27)22-33(37(44)28-16-7-3-8-17-28)39-34(38)21-30(46-39)25-47-31-18-9-4-10-19-31/h2-20,22-23,30H,21,24-25H2,1H3. The van der Waals surface area contributed by atoms with Crippen molar-refractivity contribution in [2.24, 2.45) is 0 Å². The fraction of sp³-hybridized carbons (Fsp3) is 0.128. The van der Waals surface area contributed by atoms with Gasteiger partial charge in [-0.05, 0) is 6.92 Å². The van der Waals surface area contributed by atoms with Crippen molar-refractivity contribution in [3.8, 4) is 17.2 Å². The molecule has 1 aromatic heterocycles. The van der Waals surface area contributed by atoms with Gasteiger partial charge in [0.15, 0.2) is 0 Å². The summed E-state index contributed by atoms with van der Waals surface area (Å²) in [5.74, 6) is 0.464. The van der Waals surface area contributed by atoms with Crippen LogP contribution in [0.25, 0.3) is 5.69 Å². The molecular weight excluding hydrogens is 653 g/mol. The van der Waals surface area contributed by atoms with Gasteiger partial charge in [0.2, 0.25) is 0 Å². The van der Waals surface area contributed by atoms with Crippen molar-refractivity contribution in [2.45, 2.75) is 31.4 Å². The van der Waals surface area contributed by atoms with Gasteiger partial charge < -0.3 is 0 Å². The summed E-state index contributed by atoms with van der Waals surface area (Å²) < 4.78 is 16.1. The molecule has 232 valence electrons. The van der Waals surface area contributed by atoms with Gasteiger partial charge in [0.1, 0.15) is 0 Å². The Morgan fingerprint density at radius 2 is 1.45 bits per heavy atom. The van der Waals surface area contributed by atoms with E-state index in [9.17, 15) is 9.59 Å². The van der Waals surface area contributed by atoms with Crippen molar-refractivity contribution in [1.82, 2.24) is 15.0 Å². The molecule has 7 nitrogen and oxygen atoms in total. The molecule has 8 heteroatoms. The zero-order chi connectivity index (χ0) is 32.2. The SMILES string of the molecule is Cc1ccccc1-n1cc(COc2c(C(=O)c3ccccc3)cc(C(=O)c3ccccc3)c3c2CC(C[Se]c2ccccc2)O3)nn1. The molecule has 0 aliphatic carbocycles. The Hall–Kier alpha value is -5.30. The quantitative estimate of drug-likeness (QED) is 0.117. The fourth-order valence-corrected chi connectivity index (χ4v) is 7.62. The maximum absolute atomic E-state index is 14.1. The molecule has 6 aromatic rings. The van der Waals surface area contributed by atoms with Crippen molar-refractivity contribution < 1.29 is 19.1 Å². The summed E-state index contributed by atoms with van der Waals surface area (Å²) in [6.07, 6.45) is 2.18. The van der Waals surface area contributed by atoms with Crippen molar-refractivity contribution >= 4 is 31.0 Å². The summed E-state index contributed by atoms with van der Waals surface area (Å²) in [6.45, 7) is 2.10. The Balaban J connectivity index is 1.28. The van der Waals surface area contributed by atoms with Gasteiger partial charge in [-0.25, -0.2) is 0 Å². The third kappa shape index (κ3) is 6.52. The Morgan fingerprint density at radius 3 is 2.13 bits per heavy atom. The van der Waals surface area contributed by atoms with Gasteiger partial charge in [-0.1, -0.05) is 18.2 Å². The number of carbonyl (C=O) groups is 2. The number of nitrogens with zero attached hydrogens (tertiary/aromatic N) is 3. The van der Waals surface area contributed by atoms with E-state index in [0.29, 0.717) is 45.9 Å². The van der Waals surface area contributed by atoms with Crippen LogP contribution in [0.2, 0.25) is 5.32 Å². The van der Waals surface area contributed by atoms with Crippen molar-refractivity contribution in [2.75, 3.05) is 0 Å². The number of ketones is 2. The molecule has 0 fully saturated rings. The van der Waals surface area contributed by atoms with Crippen LogP contribution < -0.4 is 13.9 Å². The molecular formula is C39H31N3O4Se. The van der Waals surface area contributed by atoms with E-state index in [2.05, 4.69) is 22.4 Å². The number of para-hydroxylation sites is 1. The molecule has 7 rings (SSSR count). The first-order valence-electron chi connectivity index (χ1n) is 15.4. The van der Waals surface area contributed by atoms with Gasteiger partial charge >= 0.3 is 255 Å². The average Bonchev–Trinajstić information content (AvgIpc) is 3.78. The number of rotatable bonds is 11. The number of benzene rings is 5. The summed E-state index contributed by atoms with van der Waals surface area (Å²) >= 11 is 0.162. The number of fused-ring (bicyclic) bond motifs is 1. The van der Waals surface area contributed by atoms with E-state index >= 15 is 0 Å². The van der Waals surface area contributed by atoms with Gasteiger partial charge in [-0.3, -0.25) is 0 Å². The molecule has 0 saturated carbocycles. The normalized spacial score (nSPS) is 13.5. The van der Waals surface area contributed by atoms with E-state index in [0.717, 1.165) is 22.1 Å². The summed E-state index contributed by atoms with van der Waals surface area (Å²) in [5.41, 5.74) is 5.03. The van der Waals surface area contributed by atoms with Crippen LogP contribution in [-0.4, -0.2) is 47.6 Å². The molecule has 5 aromatic carbocycles. The van der Waals surface area contributed by atoms with Crippen LogP contribution in [-0.2, 0) is 13.0 Å². The zero-order valence-corrected chi connectivity index (χ0v) is 27.4. The van der Waals surface area contributed by atoms with Crippen LogP contribution in [0.15, 0.2) is 128 Å². The Morgan fingerprint density at radius 1 is 0.830 bits per heavy atom. The van der Waals surface area contributed by atoms with Crippen molar-refractivity contribution in [3.05, 3.63) is 167 Å². The molecule has 2 heterocycles. The second-order valence-electron chi connectivity index (χ2n) is 11.3. The van der Waals surface area contributed by atoms with Gasteiger partial charge in [0.25, 0.3) is 0 Å². The number of aromatic nitrogens is 3. The summed E-state index contributed by atoms with van der Waals surface area (Å²) in [4.78, 5) is 28.2. The van der Waals surface area contributed by atoms with Gasteiger partial charge in [-0.2, -0.15) is 0 Å². The Bertz CT molecular complexity index is 2050. The first kappa shape index (κ1) is 30.4. The Labute approximate surface area is 279 Å². The summed E-state index contributed by atoms with van der Waals surface area (Å²) in [7, 11) is 0.